The molecule has 0 fully saturated rings. The fraction of sp³-hybridized carbons (Fsp3) is 0. The molecule has 9 aromatic rings. The van der Waals surface area contributed by atoms with Gasteiger partial charge in [-0.1, -0.05) is 133 Å². The number of benzene rings is 8. The smallest absolute Gasteiger partial charge is 0.0619 e. The summed E-state index contributed by atoms with van der Waals surface area (Å²) in [5.41, 5.74) is 8.60. The van der Waals surface area contributed by atoms with Crippen molar-refractivity contribution in [1.29, 1.82) is 0 Å². The number of hydrogen-bond donors (Lipinski definition) is 0. The number of hydrogen-bond acceptors (Lipinski definition) is 0. The summed E-state index contributed by atoms with van der Waals surface area (Å²) in [5, 5.41) is 10.2. The fourth-order valence-corrected chi connectivity index (χ4v) is 6.93. The van der Waals surface area contributed by atoms with Gasteiger partial charge < -0.3 is 4.57 Å². The van der Waals surface area contributed by atoms with Crippen molar-refractivity contribution in [2.45, 2.75) is 0 Å². The average molecular weight is 546 g/mol. The number of rotatable bonds is 3. The predicted octanol–water partition coefficient (Wildman–Crippen LogP) is 11.6. The first kappa shape index (κ1) is 24.0. The van der Waals surface area contributed by atoms with E-state index in [-0.39, 0.29) is 0 Å². The molecule has 0 saturated carbocycles. The maximum absolute atomic E-state index is 2.44. The normalized spacial score (nSPS) is 11.7. The molecule has 0 unspecified atom stereocenters. The van der Waals surface area contributed by atoms with Crippen LogP contribution in [0, 0.1) is 0 Å². The number of nitrogens with zero attached hydrogens (tertiary/aromatic N) is 1. The van der Waals surface area contributed by atoms with E-state index in [0.29, 0.717) is 0 Å². The van der Waals surface area contributed by atoms with Crippen LogP contribution < -0.4 is 0 Å². The molecule has 0 radical (unpaired) electrons. The maximum Gasteiger partial charge on any atom is 0.0619 e. The van der Waals surface area contributed by atoms with E-state index in [0.717, 1.165) is 0 Å². The second-order valence-corrected chi connectivity index (χ2v) is 11.4. The summed E-state index contributed by atoms with van der Waals surface area (Å²) in [4.78, 5) is 0. The first-order valence-electron chi connectivity index (χ1n) is 14.9. The minimum atomic E-state index is 1.17. The number of aromatic nitrogens is 1. The summed E-state index contributed by atoms with van der Waals surface area (Å²) in [6.45, 7) is 0. The summed E-state index contributed by atoms with van der Waals surface area (Å²) in [7, 11) is 0. The molecule has 0 amide bonds. The Morgan fingerprint density at radius 1 is 0.326 bits per heavy atom. The SMILES string of the molecule is c1ccc(-c2cc3c4ccccc4n(-c4ccc(-c5ccc6ccc7ccccc7c6c5)cc4)c3c3ccccc23)cc1. The fourth-order valence-electron chi connectivity index (χ4n) is 6.93. The molecule has 9 rings (SSSR count). The van der Waals surface area contributed by atoms with Crippen LogP contribution in [0.2, 0.25) is 0 Å². The Labute approximate surface area is 249 Å². The van der Waals surface area contributed by atoms with Crippen LogP contribution in [0.25, 0.3) is 82.1 Å². The van der Waals surface area contributed by atoms with E-state index in [1.54, 1.807) is 0 Å². The Balaban J connectivity index is 1.25. The first-order chi connectivity index (χ1) is 21.3. The van der Waals surface area contributed by atoms with Crippen LogP contribution in [0.3, 0.4) is 0 Å². The van der Waals surface area contributed by atoms with E-state index in [4.69, 9.17) is 0 Å². The van der Waals surface area contributed by atoms with Crippen LogP contribution in [0.5, 0.6) is 0 Å². The lowest BCUT2D eigenvalue weighted by atomic mass is 9.95. The summed E-state index contributed by atoms with van der Waals surface area (Å²) in [6, 6.07) is 59.7. The van der Waals surface area contributed by atoms with Gasteiger partial charge in [0.05, 0.1) is 11.0 Å². The lowest BCUT2D eigenvalue weighted by molar-refractivity contribution is 1.19. The number of para-hydroxylation sites is 1. The monoisotopic (exact) mass is 545 g/mol. The van der Waals surface area contributed by atoms with Crippen LogP contribution in [0.15, 0.2) is 164 Å². The molecule has 200 valence electrons. The van der Waals surface area contributed by atoms with Crippen molar-refractivity contribution in [3.8, 4) is 27.9 Å². The highest BCUT2D eigenvalue weighted by molar-refractivity contribution is 6.22. The van der Waals surface area contributed by atoms with Gasteiger partial charge in [0.25, 0.3) is 0 Å². The lowest BCUT2D eigenvalue weighted by Gasteiger charge is -2.13. The topological polar surface area (TPSA) is 4.93 Å². The zero-order valence-electron chi connectivity index (χ0n) is 23.5. The summed E-state index contributed by atoms with van der Waals surface area (Å²) in [5.74, 6) is 0. The molecular formula is C42H27N. The van der Waals surface area contributed by atoms with Gasteiger partial charge in [0, 0.05) is 21.8 Å². The minimum Gasteiger partial charge on any atom is -0.309 e. The van der Waals surface area contributed by atoms with E-state index in [1.165, 1.54) is 82.1 Å². The van der Waals surface area contributed by atoms with E-state index in [2.05, 4.69) is 168 Å². The molecule has 8 aromatic carbocycles. The first-order valence-corrected chi connectivity index (χ1v) is 14.9. The molecule has 1 heterocycles. The Kier molecular flexibility index (Phi) is 5.27. The Morgan fingerprint density at radius 2 is 0.930 bits per heavy atom. The van der Waals surface area contributed by atoms with Crippen LogP contribution in [0.1, 0.15) is 0 Å². The molecule has 0 N–H and O–H groups in total. The minimum absolute atomic E-state index is 1.17. The quantitative estimate of drug-likeness (QED) is 0.195. The summed E-state index contributed by atoms with van der Waals surface area (Å²) >= 11 is 0. The van der Waals surface area contributed by atoms with Gasteiger partial charge in [0.15, 0.2) is 0 Å². The van der Waals surface area contributed by atoms with Gasteiger partial charge in [-0.3, -0.25) is 0 Å². The van der Waals surface area contributed by atoms with Crippen molar-refractivity contribution in [2.24, 2.45) is 0 Å². The largest absolute Gasteiger partial charge is 0.309 e. The average Bonchev–Trinajstić information content (AvgIpc) is 3.42. The van der Waals surface area contributed by atoms with Gasteiger partial charge in [-0.25, -0.2) is 0 Å². The molecule has 0 aliphatic heterocycles. The van der Waals surface area contributed by atoms with Crippen molar-refractivity contribution in [1.82, 2.24) is 4.57 Å². The van der Waals surface area contributed by atoms with Crippen molar-refractivity contribution in [3.63, 3.8) is 0 Å². The Bertz CT molecular complexity index is 2480. The van der Waals surface area contributed by atoms with Gasteiger partial charge in [0.2, 0.25) is 0 Å². The molecule has 0 saturated heterocycles. The van der Waals surface area contributed by atoms with Gasteiger partial charge in [0.1, 0.15) is 0 Å². The lowest BCUT2D eigenvalue weighted by Crippen LogP contribution is -1.95. The maximum atomic E-state index is 2.44. The summed E-state index contributed by atoms with van der Waals surface area (Å²) < 4.78 is 2.44. The molecule has 0 aliphatic rings. The van der Waals surface area contributed by atoms with E-state index in [9.17, 15) is 0 Å². The van der Waals surface area contributed by atoms with Gasteiger partial charge in [-0.05, 0) is 79.5 Å². The van der Waals surface area contributed by atoms with Crippen LogP contribution in [-0.4, -0.2) is 4.57 Å². The van der Waals surface area contributed by atoms with Crippen molar-refractivity contribution in [2.75, 3.05) is 0 Å². The third-order valence-corrected chi connectivity index (χ3v) is 8.97. The predicted molar refractivity (Wildman–Crippen MR) is 184 cm³/mol. The molecule has 1 heteroatoms. The molecule has 0 spiro atoms. The van der Waals surface area contributed by atoms with Crippen molar-refractivity contribution in [3.05, 3.63) is 164 Å². The van der Waals surface area contributed by atoms with Gasteiger partial charge >= 0.3 is 0 Å². The molecule has 0 aliphatic carbocycles. The van der Waals surface area contributed by atoms with Crippen LogP contribution in [-0.2, 0) is 0 Å². The second kappa shape index (κ2) is 9.44. The standard InChI is InChI=1S/C42H27N/c1-2-10-29(11-3-1)39-27-40-36-15-8-9-17-41(36)43(42(40)37-16-7-6-14-35(37)39)33-24-22-28(23-25-33)32-21-20-31-19-18-30-12-4-5-13-34(30)38(31)26-32/h1-27H. The third kappa shape index (κ3) is 3.72. The molecule has 1 nitrogen and oxygen atoms in total. The molecule has 0 bridgehead atoms. The molecular weight excluding hydrogens is 518 g/mol. The zero-order chi connectivity index (χ0) is 28.3. The van der Waals surface area contributed by atoms with Crippen LogP contribution in [0.4, 0.5) is 0 Å². The number of fused-ring (bicyclic) bond motifs is 8. The van der Waals surface area contributed by atoms with Gasteiger partial charge in [-0.15, -0.1) is 0 Å². The Hall–Kier alpha value is -5.66. The highest BCUT2D eigenvalue weighted by atomic mass is 15.0. The van der Waals surface area contributed by atoms with E-state index in [1.807, 2.05) is 0 Å². The van der Waals surface area contributed by atoms with E-state index < -0.39 is 0 Å². The van der Waals surface area contributed by atoms with Crippen LogP contribution >= 0.6 is 0 Å². The highest BCUT2D eigenvalue weighted by Crippen LogP contribution is 2.41. The van der Waals surface area contributed by atoms with E-state index >= 15 is 0 Å². The molecule has 0 atom stereocenters. The van der Waals surface area contributed by atoms with Crippen molar-refractivity contribution < 1.29 is 0 Å². The second-order valence-electron chi connectivity index (χ2n) is 11.4. The zero-order valence-corrected chi connectivity index (χ0v) is 23.5. The molecule has 43 heavy (non-hydrogen) atoms. The van der Waals surface area contributed by atoms with Crippen molar-refractivity contribution >= 4 is 54.1 Å². The third-order valence-electron chi connectivity index (χ3n) is 8.97. The highest BCUT2D eigenvalue weighted by Gasteiger charge is 2.18. The molecule has 1 aromatic heterocycles. The Morgan fingerprint density at radius 3 is 1.74 bits per heavy atom. The van der Waals surface area contributed by atoms with Gasteiger partial charge in [-0.2, -0.15) is 0 Å². The summed E-state index contributed by atoms with van der Waals surface area (Å²) in [6.07, 6.45) is 0.